The van der Waals surface area contributed by atoms with Crippen LogP contribution in [0.5, 0.6) is 0 Å². The first-order valence-electron chi connectivity index (χ1n) is 18.0. The van der Waals surface area contributed by atoms with Crippen molar-refractivity contribution in [1.82, 2.24) is 9.80 Å². The summed E-state index contributed by atoms with van der Waals surface area (Å²) in [4.78, 5) is 56.1. The lowest BCUT2D eigenvalue weighted by molar-refractivity contribution is -0.142. The number of ketones is 1. The van der Waals surface area contributed by atoms with Crippen LogP contribution >= 0.6 is 0 Å². The van der Waals surface area contributed by atoms with E-state index in [9.17, 15) is 24.0 Å². The van der Waals surface area contributed by atoms with E-state index in [0.29, 0.717) is 12.6 Å². The molecule has 0 aromatic heterocycles. The van der Waals surface area contributed by atoms with Gasteiger partial charge in [-0.05, 0) is 65.0 Å². The van der Waals surface area contributed by atoms with E-state index in [4.69, 9.17) is 0 Å². The molecule has 0 saturated carbocycles. The maximum absolute atomic E-state index is 11.0. The molecule has 0 unspecified atom stereocenters. The molecular weight excluding hydrogens is 652 g/mol. The third-order valence-electron chi connectivity index (χ3n) is 4.39. The summed E-state index contributed by atoms with van der Waals surface area (Å²) in [5, 5.41) is 0. The summed E-state index contributed by atoms with van der Waals surface area (Å²) in [6.07, 6.45) is 14.5. The highest BCUT2D eigenvalue weighted by molar-refractivity contribution is 6.13. The van der Waals surface area contributed by atoms with E-state index in [2.05, 4.69) is 46.3 Å². The first-order valence-corrected chi connectivity index (χ1v) is 18.0. The van der Waals surface area contributed by atoms with Crippen molar-refractivity contribution in [3.8, 4) is 0 Å². The monoisotopic (exact) mass is 745 g/mol. The van der Waals surface area contributed by atoms with Crippen molar-refractivity contribution in [2.45, 2.75) is 186 Å². The topological polar surface area (TPSA) is 101 Å². The summed E-state index contributed by atoms with van der Waals surface area (Å²) >= 11 is 0. The molecule has 0 atom stereocenters. The molecule has 0 fully saturated rings. The highest BCUT2D eigenvalue weighted by Crippen LogP contribution is 2.18. The Balaban J connectivity index is -0.0000000495. The van der Waals surface area contributed by atoms with Crippen LogP contribution < -0.4 is 0 Å². The third-order valence-corrected chi connectivity index (χ3v) is 4.39. The van der Waals surface area contributed by atoms with Gasteiger partial charge in [-0.2, -0.15) is 0 Å². The fourth-order valence-corrected chi connectivity index (χ4v) is 2.83. The molecule has 0 radical (unpaired) electrons. The molecule has 1 aliphatic carbocycles. The summed E-state index contributed by atoms with van der Waals surface area (Å²) < 4.78 is 4.40. The van der Waals surface area contributed by atoms with Gasteiger partial charge in [-0.25, -0.2) is 4.79 Å². The van der Waals surface area contributed by atoms with Gasteiger partial charge in [0.2, 0.25) is 5.91 Å². The second-order valence-corrected chi connectivity index (χ2v) is 11.9. The Hall–Kier alpha value is -3.29. The molecule has 0 aromatic carbocycles. The van der Waals surface area contributed by atoms with Gasteiger partial charge in [0.25, 0.3) is 11.8 Å². The molecular formula is C44H92N2O6. The van der Waals surface area contributed by atoms with Crippen molar-refractivity contribution >= 4 is 29.5 Å². The highest BCUT2D eigenvalue weighted by Gasteiger charge is 2.33. The fourth-order valence-electron chi connectivity index (χ4n) is 2.83. The quantitative estimate of drug-likeness (QED) is 0.196. The van der Waals surface area contributed by atoms with E-state index in [0.717, 1.165) is 31.2 Å². The molecule has 4 rings (SSSR count). The third kappa shape index (κ3) is 51.1. The second kappa shape index (κ2) is 49.8. The van der Waals surface area contributed by atoms with Crippen molar-refractivity contribution in [1.29, 1.82) is 0 Å². The Morgan fingerprint density at radius 1 is 0.558 bits per heavy atom. The number of hydrogen-bond donors (Lipinski definition) is 0. The lowest BCUT2D eigenvalue weighted by Crippen LogP contribution is -2.45. The van der Waals surface area contributed by atoms with Crippen LogP contribution in [0.1, 0.15) is 174 Å². The predicted octanol–water partition coefficient (Wildman–Crippen LogP) is 12.5. The minimum absolute atomic E-state index is 0. The van der Waals surface area contributed by atoms with Crippen molar-refractivity contribution in [3.63, 3.8) is 0 Å². The van der Waals surface area contributed by atoms with Gasteiger partial charge in [-0.15, -0.1) is 0 Å². The number of allylic oxidation sites excluding steroid dienone is 2. The lowest BCUT2D eigenvalue weighted by Gasteiger charge is -2.29. The molecule has 8 nitrogen and oxygen atoms in total. The number of esters is 1. The van der Waals surface area contributed by atoms with Crippen LogP contribution in [0.25, 0.3) is 0 Å². The van der Waals surface area contributed by atoms with E-state index >= 15 is 0 Å². The molecule has 0 aromatic rings. The standard InChI is InChI=1S/C8H11NO2.C7H11NO.C5H6O.C4H4O2.2C4H10.4C2H6.4CH4/c1-8(2,3)9-6(10)4-5-7(9)11;1-6(2)8-5-3-4-7(8)9;6-5-3-1-2-4-5;5-4-2-1-3-6-4;2*1-4(2)3;4*1-2;;;;/h4-5H,1-3H3;3-4,6H,5H2,1-2H3;1,3H,2,4H2;1-2H,3H2;2*4H,1-3H3;4*1-2H3;4*1H4. The number of hydrogen-bond acceptors (Lipinski definition) is 6. The van der Waals surface area contributed by atoms with Crippen LogP contribution in [0.2, 0.25) is 0 Å². The van der Waals surface area contributed by atoms with Crippen LogP contribution in [0.3, 0.4) is 0 Å². The number of rotatable bonds is 1. The Morgan fingerprint density at radius 3 is 1.06 bits per heavy atom. The average Bonchev–Trinajstić information content (AvgIpc) is 3.84. The zero-order valence-electron chi connectivity index (χ0n) is 34.5. The normalized spacial score (nSPS) is 13.2. The largest absolute Gasteiger partial charge is 0.458 e. The molecule has 0 saturated heterocycles. The van der Waals surface area contributed by atoms with Crippen molar-refractivity contribution in [2.24, 2.45) is 11.8 Å². The first-order chi connectivity index (χ1) is 22.4. The van der Waals surface area contributed by atoms with E-state index in [1.54, 1.807) is 18.2 Å². The van der Waals surface area contributed by atoms with Gasteiger partial charge in [0, 0.05) is 48.9 Å². The van der Waals surface area contributed by atoms with Crippen LogP contribution in [-0.4, -0.2) is 64.0 Å². The number of carbonyl (C=O) groups excluding carboxylic acids is 5. The van der Waals surface area contributed by atoms with Crippen LogP contribution in [0.4, 0.5) is 0 Å². The maximum atomic E-state index is 11.0. The van der Waals surface area contributed by atoms with Gasteiger partial charge in [0.1, 0.15) is 6.61 Å². The average molecular weight is 745 g/mol. The summed E-state index contributed by atoms with van der Waals surface area (Å²) in [6.45, 7) is 39.8. The number of carbonyl (C=O) groups is 5. The highest BCUT2D eigenvalue weighted by atomic mass is 16.5. The van der Waals surface area contributed by atoms with Gasteiger partial charge in [0.15, 0.2) is 5.78 Å². The second-order valence-electron chi connectivity index (χ2n) is 11.9. The molecule has 3 aliphatic heterocycles. The molecule has 314 valence electrons. The maximum Gasteiger partial charge on any atom is 0.330 e. The van der Waals surface area contributed by atoms with E-state index in [1.807, 2.05) is 107 Å². The summed E-state index contributed by atoms with van der Waals surface area (Å²) in [5.74, 6) is 1.42. The molecule has 0 bridgehead atoms. The van der Waals surface area contributed by atoms with Gasteiger partial charge in [-0.1, -0.05) is 139 Å². The van der Waals surface area contributed by atoms with E-state index in [1.165, 1.54) is 23.1 Å². The fraction of sp³-hybridized carbons (Fsp3) is 0.705. The van der Waals surface area contributed by atoms with Crippen molar-refractivity contribution in [3.05, 3.63) is 48.6 Å². The zero-order chi connectivity index (χ0) is 39.5. The smallest absolute Gasteiger partial charge is 0.330 e. The summed E-state index contributed by atoms with van der Waals surface area (Å²) in [5.41, 5.74) is -0.405. The van der Waals surface area contributed by atoms with Crippen LogP contribution in [0.15, 0.2) is 48.6 Å². The molecule has 8 heteroatoms. The van der Waals surface area contributed by atoms with E-state index < -0.39 is 5.54 Å². The Kier molecular flexibility index (Phi) is 70.9. The molecule has 52 heavy (non-hydrogen) atoms. The number of imide groups is 1. The van der Waals surface area contributed by atoms with Gasteiger partial charge < -0.3 is 9.64 Å². The molecule has 0 N–H and O–H groups in total. The number of cyclic esters (lactones) is 1. The number of ether oxygens (including phenoxy) is 1. The SMILES string of the molecule is C.C.C.C.CC.CC.CC.CC.CC(C)(C)N1C(=O)C=CC1=O.CC(C)C.CC(C)C.CC(C)N1CC=CC1=O.O=C1C=CCC1.O=C1C=CCO1. The van der Waals surface area contributed by atoms with E-state index in [-0.39, 0.29) is 59.2 Å². The molecule has 0 spiro atoms. The molecule has 4 aliphatic rings. The number of nitrogens with zero attached hydrogens (tertiary/aromatic N) is 2. The van der Waals surface area contributed by atoms with Crippen molar-refractivity contribution < 1.29 is 28.7 Å². The Labute approximate surface area is 326 Å². The minimum atomic E-state index is -0.405. The van der Waals surface area contributed by atoms with Gasteiger partial charge >= 0.3 is 5.97 Å². The van der Waals surface area contributed by atoms with Gasteiger partial charge in [0.05, 0.1) is 0 Å². The lowest BCUT2D eigenvalue weighted by atomic mass is 10.1. The van der Waals surface area contributed by atoms with Crippen LogP contribution in [-0.2, 0) is 28.7 Å². The van der Waals surface area contributed by atoms with Crippen LogP contribution in [0, 0.1) is 11.8 Å². The molecule has 3 heterocycles. The van der Waals surface area contributed by atoms with Gasteiger partial charge in [-0.3, -0.25) is 24.1 Å². The number of amides is 3. The predicted molar refractivity (Wildman–Crippen MR) is 234 cm³/mol. The Bertz CT molecular complexity index is 881. The van der Waals surface area contributed by atoms with Crippen molar-refractivity contribution in [2.75, 3.05) is 13.2 Å². The first kappa shape index (κ1) is 74.0. The zero-order valence-corrected chi connectivity index (χ0v) is 34.5. The summed E-state index contributed by atoms with van der Waals surface area (Å²) in [7, 11) is 0. The minimum Gasteiger partial charge on any atom is -0.458 e. The molecule has 3 amide bonds. The summed E-state index contributed by atoms with van der Waals surface area (Å²) in [6, 6.07) is 0.340. The Morgan fingerprint density at radius 2 is 0.942 bits per heavy atom.